The molecule has 2 aromatic carbocycles. The van der Waals surface area contributed by atoms with Crippen molar-refractivity contribution in [3.05, 3.63) is 70.8 Å². The largest absolute Gasteiger partial charge is 0.462 e. The first-order valence-electron chi connectivity index (χ1n) is 8.70. The Labute approximate surface area is 175 Å². The Kier molecular flexibility index (Phi) is 9.05. The maximum Gasteiger partial charge on any atom is 0.417 e. The van der Waals surface area contributed by atoms with Crippen molar-refractivity contribution in [2.24, 2.45) is 0 Å². The second kappa shape index (κ2) is 10.6. The molecule has 0 aliphatic heterocycles. The number of hydrogen-bond acceptors (Lipinski definition) is 4. The minimum Gasteiger partial charge on any atom is -0.462 e. The van der Waals surface area contributed by atoms with Gasteiger partial charge >= 0.3 is 18.3 Å². The van der Waals surface area contributed by atoms with Gasteiger partial charge in [0.05, 0.1) is 26.4 Å². The Morgan fingerprint density at radius 1 is 0.806 bits per heavy atom. The molecule has 0 heterocycles. The summed E-state index contributed by atoms with van der Waals surface area (Å²) in [4.78, 5) is 25.5. The van der Waals surface area contributed by atoms with Crippen molar-refractivity contribution >= 4 is 20.9 Å². The Balaban J connectivity index is 0.00000233. The first-order chi connectivity index (χ1) is 14.3. The second-order valence-electron chi connectivity index (χ2n) is 6.42. The van der Waals surface area contributed by atoms with Gasteiger partial charge in [-0.15, -0.1) is 0 Å². The third-order valence-corrected chi connectivity index (χ3v) is 3.90. The molecule has 0 N–H and O–H groups in total. The van der Waals surface area contributed by atoms with E-state index in [1.54, 1.807) is 0 Å². The van der Waals surface area contributed by atoms with Crippen LogP contribution in [0.15, 0.2) is 48.5 Å². The van der Waals surface area contributed by atoms with Gasteiger partial charge in [-0.1, -0.05) is 36.4 Å². The van der Waals surface area contributed by atoms with Gasteiger partial charge in [0, 0.05) is 5.56 Å². The summed E-state index contributed by atoms with van der Waals surface area (Å²) >= 11 is 0. The summed E-state index contributed by atoms with van der Waals surface area (Å²) in [7, 11) is 0.611. The predicted molar refractivity (Wildman–Crippen MR) is 103 cm³/mol. The number of alkyl halides is 6. The number of carbonyl (C=O) groups excluding carboxylic acids is 2. The van der Waals surface area contributed by atoms with Crippen molar-refractivity contribution in [3.63, 3.8) is 0 Å². The van der Waals surface area contributed by atoms with Crippen LogP contribution in [0.5, 0.6) is 0 Å². The van der Waals surface area contributed by atoms with Crippen molar-refractivity contribution in [2.45, 2.75) is 38.2 Å². The molecule has 31 heavy (non-hydrogen) atoms. The van der Waals surface area contributed by atoms with Crippen LogP contribution in [0, 0.1) is 0 Å². The number of esters is 1. The molecule has 0 aliphatic carbocycles. The van der Waals surface area contributed by atoms with Gasteiger partial charge in [0.15, 0.2) is 5.78 Å². The van der Waals surface area contributed by atoms with E-state index in [9.17, 15) is 35.9 Å². The van der Waals surface area contributed by atoms with Gasteiger partial charge in [0.25, 0.3) is 0 Å². The molecule has 2 aromatic rings. The highest BCUT2D eigenvalue weighted by Gasteiger charge is 2.45. The van der Waals surface area contributed by atoms with Crippen LogP contribution in [0.4, 0.5) is 26.3 Å². The van der Waals surface area contributed by atoms with Crippen molar-refractivity contribution < 1.29 is 45.2 Å². The summed E-state index contributed by atoms with van der Waals surface area (Å²) in [6.45, 7) is 2.88. The zero-order chi connectivity index (χ0) is 24.0. The van der Waals surface area contributed by atoms with Crippen LogP contribution in [0.1, 0.15) is 46.8 Å². The zero-order valence-electron chi connectivity index (χ0n) is 16.4. The Bertz CT molecular complexity index is 878. The van der Waals surface area contributed by atoms with Crippen LogP contribution in [0.25, 0.3) is 0 Å². The molecule has 0 saturated heterocycles. The molecule has 0 amide bonds. The highest BCUT2D eigenvalue weighted by Crippen LogP contribution is 2.41. The summed E-state index contributed by atoms with van der Waals surface area (Å²) in [5, 5.41) is 0. The van der Waals surface area contributed by atoms with Crippen LogP contribution in [0.3, 0.4) is 0 Å². The van der Waals surface area contributed by atoms with E-state index in [0.717, 1.165) is 0 Å². The number of rotatable bonds is 5. The van der Waals surface area contributed by atoms with Gasteiger partial charge in [0.1, 0.15) is 5.92 Å². The molecule has 11 heteroatoms. The number of halogens is 6. The molecular formula is C20H19F6O4P. The highest BCUT2D eigenvalue weighted by atomic mass is 31.0. The predicted octanol–water partition coefficient (Wildman–Crippen LogP) is 5.58. The summed E-state index contributed by atoms with van der Waals surface area (Å²) < 4.78 is 93.7. The summed E-state index contributed by atoms with van der Waals surface area (Å²) in [6.07, 6.45) is -11.2. The lowest BCUT2D eigenvalue weighted by atomic mass is 9.85. The lowest BCUT2D eigenvalue weighted by Crippen LogP contribution is -2.30. The summed E-state index contributed by atoms with van der Waals surface area (Å²) in [5.74, 6) is -4.85. The first-order valence-corrected chi connectivity index (χ1v) is 9.27. The first kappa shape index (κ1) is 26.4. The molecule has 0 aliphatic rings. The maximum atomic E-state index is 13.4. The molecular weight excluding hydrogens is 449 g/mol. The smallest absolute Gasteiger partial charge is 0.417 e. The maximum absolute atomic E-state index is 13.4. The lowest BCUT2D eigenvalue weighted by Gasteiger charge is -2.22. The second-order valence-corrected chi connectivity index (χ2v) is 6.42. The molecule has 0 bridgehead atoms. The van der Waals surface area contributed by atoms with Crippen LogP contribution >= 0.6 is 9.12 Å². The molecule has 170 valence electrons. The lowest BCUT2D eigenvalue weighted by molar-refractivity contribution is -0.149. The average Bonchev–Trinajstić information content (AvgIpc) is 2.68. The van der Waals surface area contributed by atoms with Crippen molar-refractivity contribution in [1.29, 1.82) is 0 Å². The minimum atomic E-state index is -5.24. The van der Waals surface area contributed by atoms with Gasteiger partial charge in [-0.05, 0) is 31.5 Å². The van der Waals surface area contributed by atoms with Gasteiger partial charge < -0.3 is 9.30 Å². The highest BCUT2D eigenvalue weighted by molar-refractivity contribution is 7.00. The Morgan fingerprint density at radius 3 is 1.65 bits per heavy atom. The van der Waals surface area contributed by atoms with Gasteiger partial charge in [-0.3, -0.25) is 9.59 Å². The number of hydrogen-bond donors (Lipinski definition) is 0. The quantitative estimate of drug-likeness (QED) is 0.189. The fourth-order valence-corrected chi connectivity index (χ4v) is 2.77. The van der Waals surface area contributed by atoms with Crippen LogP contribution in [-0.2, 0) is 26.4 Å². The van der Waals surface area contributed by atoms with Crippen molar-refractivity contribution in [2.75, 3.05) is 0 Å². The minimum absolute atomic E-state index is 0.0757. The number of ketones is 1. The average molecular weight is 468 g/mol. The monoisotopic (exact) mass is 468 g/mol. The molecule has 0 fully saturated rings. The van der Waals surface area contributed by atoms with Gasteiger partial charge in [0.2, 0.25) is 0 Å². The standard InChI is InChI=1S/C20H16F6O3.H3OP/c1-11(2)29-18(28)15(12-7-4-3-5-8-12)17(27)16-13(19(21,22)23)9-6-10-14(16)20(24,25)26;1-2/h3-11,15H,1-2H3;2H3. The zero-order valence-corrected chi connectivity index (χ0v) is 17.8. The van der Waals surface area contributed by atoms with E-state index in [1.807, 2.05) is 0 Å². The van der Waals surface area contributed by atoms with Crippen molar-refractivity contribution in [1.82, 2.24) is 0 Å². The van der Waals surface area contributed by atoms with Gasteiger partial charge in [-0.25, -0.2) is 0 Å². The molecule has 4 nitrogen and oxygen atoms in total. The topological polar surface area (TPSA) is 60.4 Å². The molecule has 0 saturated carbocycles. The number of carbonyl (C=O) groups is 2. The molecule has 0 spiro atoms. The number of ether oxygens (including phenoxy) is 1. The van der Waals surface area contributed by atoms with Crippen LogP contribution < -0.4 is 0 Å². The third-order valence-electron chi connectivity index (χ3n) is 3.90. The summed E-state index contributed by atoms with van der Waals surface area (Å²) in [5.41, 5.74) is -5.22. The van der Waals surface area contributed by atoms with Crippen LogP contribution in [0.2, 0.25) is 0 Å². The Morgan fingerprint density at radius 2 is 1.26 bits per heavy atom. The van der Waals surface area contributed by atoms with E-state index in [1.165, 1.54) is 44.2 Å². The summed E-state index contributed by atoms with van der Waals surface area (Å²) in [6, 6.07) is 8.14. The number of benzene rings is 2. The fourth-order valence-electron chi connectivity index (χ4n) is 2.77. The van der Waals surface area contributed by atoms with E-state index in [2.05, 4.69) is 0 Å². The fraction of sp³-hybridized carbons (Fsp3) is 0.300. The van der Waals surface area contributed by atoms with E-state index in [0.29, 0.717) is 27.3 Å². The van der Waals surface area contributed by atoms with Crippen molar-refractivity contribution in [3.8, 4) is 0 Å². The normalized spacial score (nSPS) is 12.7. The number of Topliss-reactive ketones (excluding diaryl/α,β-unsaturated/α-hetero) is 1. The Hall–Kier alpha value is -2.61. The van der Waals surface area contributed by atoms with E-state index < -0.39 is 52.8 Å². The molecule has 2 rings (SSSR count). The van der Waals surface area contributed by atoms with E-state index in [-0.39, 0.29) is 5.56 Å². The molecule has 2 atom stereocenters. The molecule has 0 aromatic heterocycles. The third kappa shape index (κ3) is 6.69. The molecule has 0 radical (unpaired) electrons. The van der Waals surface area contributed by atoms with Gasteiger partial charge in [-0.2, -0.15) is 26.3 Å². The van der Waals surface area contributed by atoms with Crippen LogP contribution in [-0.4, -0.2) is 17.9 Å². The van der Waals surface area contributed by atoms with E-state index in [4.69, 9.17) is 9.30 Å². The molecule has 2 unspecified atom stereocenters. The van der Waals surface area contributed by atoms with E-state index >= 15 is 0 Å². The SMILES string of the molecule is CC(C)OC(=O)C(C(=O)c1c(C(F)(F)F)cccc1C(F)(F)F)c1ccccc1.O=[PH3].